The van der Waals surface area contributed by atoms with E-state index in [2.05, 4.69) is 20.0 Å². The van der Waals surface area contributed by atoms with Gasteiger partial charge in [0.1, 0.15) is 0 Å². The summed E-state index contributed by atoms with van der Waals surface area (Å²) < 4.78 is 9.55. The molecule has 0 aliphatic rings. The molecule has 0 aliphatic heterocycles. The van der Waals surface area contributed by atoms with Crippen molar-refractivity contribution < 1.29 is 14.3 Å². The third-order valence-corrected chi connectivity index (χ3v) is 4.30. The van der Waals surface area contributed by atoms with Gasteiger partial charge in [0, 0.05) is 18.0 Å². The van der Waals surface area contributed by atoms with E-state index in [1.807, 2.05) is 0 Å². The number of amides is 1. The van der Waals surface area contributed by atoms with Crippen LogP contribution in [0.3, 0.4) is 0 Å². The number of hydrogen-bond donors (Lipinski definition) is 2. The highest BCUT2D eigenvalue weighted by Gasteiger charge is 2.19. The standard InChI is InChI=1S/C16H15N5O5S/c1-2-26-16(25)12-14(27-20-18-12)17-11(22)7-8-21-15(24)10-6-4-3-5-9(10)13(23)19-21/h3-6H,2,7-8H2,1H3,(H,17,22)(H,19,23). The van der Waals surface area contributed by atoms with Crippen molar-refractivity contribution in [1.29, 1.82) is 0 Å². The third-order valence-electron chi connectivity index (χ3n) is 3.66. The van der Waals surface area contributed by atoms with Crippen molar-refractivity contribution in [3.63, 3.8) is 0 Å². The lowest BCUT2D eigenvalue weighted by atomic mass is 10.2. The Hall–Kier alpha value is -3.34. The molecule has 0 unspecified atom stereocenters. The highest BCUT2D eigenvalue weighted by Crippen LogP contribution is 2.18. The Labute approximate surface area is 155 Å². The fourth-order valence-electron chi connectivity index (χ4n) is 2.41. The summed E-state index contributed by atoms with van der Waals surface area (Å²) >= 11 is 0.841. The maximum absolute atomic E-state index is 12.4. The number of hydrogen-bond acceptors (Lipinski definition) is 8. The highest BCUT2D eigenvalue weighted by molar-refractivity contribution is 7.10. The molecule has 0 spiro atoms. The summed E-state index contributed by atoms with van der Waals surface area (Å²) in [6.45, 7) is 1.78. The van der Waals surface area contributed by atoms with Gasteiger partial charge in [0.25, 0.3) is 11.1 Å². The number of aryl methyl sites for hydroxylation is 1. The van der Waals surface area contributed by atoms with Crippen LogP contribution in [0.15, 0.2) is 33.9 Å². The van der Waals surface area contributed by atoms with Crippen molar-refractivity contribution in [1.82, 2.24) is 19.4 Å². The normalized spacial score (nSPS) is 10.7. The molecule has 3 rings (SSSR count). The van der Waals surface area contributed by atoms with E-state index in [1.165, 1.54) is 0 Å². The van der Waals surface area contributed by atoms with Gasteiger partial charge in [-0.05, 0) is 19.1 Å². The topological polar surface area (TPSA) is 136 Å². The Kier molecular flexibility index (Phi) is 5.41. The summed E-state index contributed by atoms with van der Waals surface area (Å²) in [5, 5.41) is 9.34. The molecule has 27 heavy (non-hydrogen) atoms. The quantitative estimate of drug-likeness (QED) is 0.594. The van der Waals surface area contributed by atoms with Crippen LogP contribution in [-0.2, 0) is 16.1 Å². The second kappa shape index (κ2) is 7.91. The summed E-state index contributed by atoms with van der Waals surface area (Å²) in [4.78, 5) is 48.4. The maximum atomic E-state index is 12.4. The molecule has 2 N–H and O–H groups in total. The van der Waals surface area contributed by atoms with Gasteiger partial charge in [-0.2, -0.15) is 0 Å². The number of fused-ring (bicyclic) bond motifs is 1. The Morgan fingerprint density at radius 2 is 2.00 bits per heavy atom. The lowest BCUT2D eigenvalue weighted by Gasteiger charge is -2.07. The van der Waals surface area contributed by atoms with Crippen LogP contribution in [0.4, 0.5) is 5.00 Å². The van der Waals surface area contributed by atoms with E-state index in [0.717, 1.165) is 16.2 Å². The number of nitrogens with one attached hydrogen (secondary N) is 2. The maximum Gasteiger partial charge on any atom is 0.362 e. The zero-order valence-corrected chi connectivity index (χ0v) is 15.0. The number of benzene rings is 1. The number of ether oxygens (including phenoxy) is 1. The third kappa shape index (κ3) is 3.92. The van der Waals surface area contributed by atoms with Gasteiger partial charge in [-0.3, -0.25) is 19.5 Å². The second-order valence-corrected chi connectivity index (χ2v) is 6.17. The van der Waals surface area contributed by atoms with Gasteiger partial charge in [-0.1, -0.05) is 16.6 Å². The molecule has 1 amide bonds. The molecule has 3 aromatic rings. The first-order chi connectivity index (χ1) is 13.0. The smallest absolute Gasteiger partial charge is 0.362 e. The first-order valence-corrected chi connectivity index (χ1v) is 8.79. The number of anilines is 1. The van der Waals surface area contributed by atoms with Crippen molar-refractivity contribution in [2.75, 3.05) is 11.9 Å². The molecule has 0 saturated heterocycles. The average molecular weight is 389 g/mol. The first kappa shape index (κ1) is 18.5. The Morgan fingerprint density at radius 3 is 2.74 bits per heavy atom. The van der Waals surface area contributed by atoms with Gasteiger partial charge in [0.15, 0.2) is 5.00 Å². The van der Waals surface area contributed by atoms with E-state index in [1.54, 1.807) is 31.2 Å². The van der Waals surface area contributed by atoms with Gasteiger partial charge in [0.05, 0.1) is 23.9 Å². The van der Waals surface area contributed by atoms with E-state index < -0.39 is 23.0 Å². The van der Waals surface area contributed by atoms with Gasteiger partial charge >= 0.3 is 5.97 Å². The van der Waals surface area contributed by atoms with Gasteiger partial charge in [0.2, 0.25) is 11.6 Å². The molecule has 0 bridgehead atoms. The minimum atomic E-state index is -0.684. The van der Waals surface area contributed by atoms with Crippen molar-refractivity contribution in [3.05, 3.63) is 50.7 Å². The van der Waals surface area contributed by atoms with Gasteiger partial charge in [-0.25, -0.2) is 9.48 Å². The zero-order chi connectivity index (χ0) is 19.4. The van der Waals surface area contributed by atoms with Crippen LogP contribution in [-0.4, -0.2) is 37.9 Å². The molecule has 0 radical (unpaired) electrons. The van der Waals surface area contributed by atoms with Crippen molar-refractivity contribution in [2.24, 2.45) is 0 Å². The summed E-state index contributed by atoms with van der Waals surface area (Å²) in [7, 11) is 0. The lowest BCUT2D eigenvalue weighted by Crippen LogP contribution is -2.31. The molecule has 2 aromatic heterocycles. The lowest BCUT2D eigenvalue weighted by molar-refractivity contribution is -0.116. The predicted molar refractivity (Wildman–Crippen MR) is 97.9 cm³/mol. The average Bonchev–Trinajstić information content (AvgIpc) is 3.12. The van der Waals surface area contributed by atoms with Crippen LogP contribution in [0, 0.1) is 0 Å². The van der Waals surface area contributed by atoms with E-state index >= 15 is 0 Å². The van der Waals surface area contributed by atoms with Gasteiger partial charge in [-0.15, -0.1) is 5.10 Å². The van der Waals surface area contributed by atoms with E-state index in [0.29, 0.717) is 0 Å². The Balaban J connectivity index is 1.72. The number of H-pyrrole nitrogens is 1. The Bertz CT molecular complexity index is 1120. The molecule has 0 saturated carbocycles. The molecular weight excluding hydrogens is 374 g/mol. The highest BCUT2D eigenvalue weighted by atomic mass is 32.1. The molecule has 1 aromatic carbocycles. The fourth-order valence-corrected chi connectivity index (χ4v) is 2.99. The molecular formula is C16H15N5O5S. The minimum Gasteiger partial charge on any atom is -0.461 e. The molecule has 0 fully saturated rings. The number of aromatic amines is 1. The van der Waals surface area contributed by atoms with Crippen LogP contribution >= 0.6 is 11.5 Å². The molecule has 11 heteroatoms. The number of rotatable bonds is 6. The van der Waals surface area contributed by atoms with Crippen LogP contribution in [0.1, 0.15) is 23.8 Å². The molecule has 2 heterocycles. The summed E-state index contributed by atoms with van der Waals surface area (Å²) in [6.07, 6.45) is -0.103. The van der Waals surface area contributed by atoms with E-state index in [4.69, 9.17) is 4.74 Å². The fraction of sp³-hybridized carbons (Fsp3) is 0.250. The second-order valence-electron chi connectivity index (χ2n) is 5.41. The van der Waals surface area contributed by atoms with E-state index in [-0.39, 0.29) is 41.0 Å². The first-order valence-electron chi connectivity index (χ1n) is 8.02. The summed E-state index contributed by atoms with van der Waals surface area (Å²) in [5.74, 6) is -1.15. The van der Waals surface area contributed by atoms with Gasteiger partial charge < -0.3 is 10.1 Å². The zero-order valence-electron chi connectivity index (χ0n) is 14.2. The van der Waals surface area contributed by atoms with Crippen LogP contribution in [0.5, 0.6) is 0 Å². The van der Waals surface area contributed by atoms with Crippen LogP contribution < -0.4 is 16.4 Å². The molecule has 10 nitrogen and oxygen atoms in total. The predicted octanol–water partition coefficient (Wildman–Crippen LogP) is 0.747. The van der Waals surface area contributed by atoms with Crippen LogP contribution in [0.25, 0.3) is 10.8 Å². The van der Waals surface area contributed by atoms with E-state index in [9.17, 15) is 19.2 Å². The minimum absolute atomic E-state index is 0.0360. The SMILES string of the molecule is CCOC(=O)c1nnsc1NC(=O)CCn1[nH]c(=O)c2ccccc2c1=O. The number of esters is 1. The van der Waals surface area contributed by atoms with Crippen LogP contribution in [0.2, 0.25) is 0 Å². The molecule has 0 atom stereocenters. The summed E-state index contributed by atoms with van der Waals surface area (Å²) in [5.41, 5.74) is -0.891. The number of aromatic nitrogens is 4. The molecule has 0 aliphatic carbocycles. The Morgan fingerprint density at radius 1 is 1.26 bits per heavy atom. The number of carbonyl (C=O) groups is 2. The largest absolute Gasteiger partial charge is 0.461 e. The van der Waals surface area contributed by atoms with Crippen molar-refractivity contribution >= 4 is 39.2 Å². The summed E-state index contributed by atoms with van der Waals surface area (Å²) in [6, 6.07) is 6.44. The number of carbonyl (C=O) groups excluding carboxylic acids is 2. The van der Waals surface area contributed by atoms with Crippen molar-refractivity contribution in [3.8, 4) is 0 Å². The number of nitrogens with zero attached hydrogens (tertiary/aromatic N) is 3. The monoisotopic (exact) mass is 389 g/mol. The molecule has 140 valence electrons. The van der Waals surface area contributed by atoms with Crippen molar-refractivity contribution in [2.45, 2.75) is 19.9 Å².